The van der Waals surface area contributed by atoms with E-state index in [1.54, 1.807) is 0 Å². The quantitative estimate of drug-likeness (QED) is 0.628. The highest BCUT2D eigenvalue weighted by atomic mass is 16.6. The first-order chi connectivity index (χ1) is 7.91. The van der Waals surface area contributed by atoms with E-state index in [-0.39, 0.29) is 24.0 Å². The molecule has 1 aromatic carbocycles. The Labute approximate surface area is 98.0 Å². The lowest BCUT2D eigenvalue weighted by Crippen LogP contribution is -2.08. The number of aromatic carboxylic acids is 1. The minimum atomic E-state index is -1.20. The van der Waals surface area contributed by atoms with E-state index in [1.165, 1.54) is 12.1 Å². The Bertz CT molecular complexity index is 441. The number of ether oxygens (including phenoxy) is 1. The van der Waals surface area contributed by atoms with Crippen molar-refractivity contribution in [2.75, 3.05) is 0 Å². The van der Waals surface area contributed by atoms with Gasteiger partial charge in [0.25, 0.3) is 5.69 Å². The van der Waals surface area contributed by atoms with Gasteiger partial charge in [-0.2, -0.15) is 0 Å². The van der Waals surface area contributed by atoms with Gasteiger partial charge in [0.2, 0.25) is 0 Å². The highest BCUT2D eigenvalue weighted by Gasteiger charge is 2.16. The van der Waals surface area contributed by atoms with Gasteiger partial charge < -0.3 is 9.84 Å². The zero-order valence-electron chi connectivity index (χ0n) is 9.54. The van der Waals surface area contributed by atoms with E-state index in [0.717, 1.165) is 6.07 Å². The molecule has 0 aliphatic rings. The Kier molecular flexibility index (Phi) is 4.17. The third-order valence-electron chi connectivity index (χ3n) is 2.11. The largest absolute Gasteiger partial charge is 0.478 e. The van der Waals surface area contributed by atoms with E-state index in [1.807, 2.05) is 13.8 Å². The van der Waals surface area contributed by atoms with Crippen LogP contribution in [-0.4, -0.2) is 22.1 Å². The van der Waals surface area contributed by atoms with Gasteiger partial charge in [-0.3, -0.25) is 10.1 Å². The van der Waals surface area contributed by atoms with Crippen LogP contribution in [0.15, 0.2) is 18.2 Å². The van der Waals surface area contributed by atoms with Crippen molar-refractivity contribution in [1.82, 2.24) is 0 Å². The smallest absolute Gasteiger partial charge is 0.336 e. The molecule has 0 unspecified atom stereocenters. The lowest BCUT2D eigenvalue weighted by atomic mass is 10.1. The Balaban J connectivity index is 3.04. The van der Waals surface area contributed by atoms with Crippen molar-refractivity contribution in [3.63, 3.8) is 0 Å². The van der Waals surface area contributed by atoms with Crippen LogP contribution in [0.5, 0.6) is 0 Å². The zero-order valence-corrected chi connectivity index (χ0v) is 9.54. The molecule has 0 radical (unpaired) electrons. The fourth-order valence-electron chi connectivity index (χ4n) is 1.26. The molecule has 0 bridgehead atoms. The third kappa shape index (κ3) is 3.53. The number of hydrogen-bond donors (Lipinski definition) is 1. The van der Waals surface area contributed by atoms with Crippen molar-refractivity contribution in [3.05, 3.63) is 39.4 Å². The van der Waals surface area contributed by atoms with Crippen LogP contribution in [0.4, 0.5) is 5.69 Å². The lowest BCUT2D eigenvalue weighted by Gasteiger charge is -2.09. The first-order valence-corrected chi connectivity index (χ1v) is 5.04. The number of nitro groups is 1. The summed E-state index contributed by atoms with van der Waals surface area (Å²) < 4.78 is 5.29. The van der Waals surface area contributed by atoms with Gasteiger partial charge in [0.15, 0.2) is 0 Å². The predicted octanol–water partition coefficient (Wildman–Crippen LogP) is 2.22. The number of non-ortho nitro benzene ring substituents is 1. The maximum Gasteiger partial charge on any atom is 0.336 e. The zero-order chi connectivity index (χ0) is 13.0. The Morgan fingerprint density at radius 1 is 1.53 bits per heavy atom. The normalized spacial score (nSPS) is 10.5. The molecule has 0 saturated carbocycles. The Morgan fingerprint density at radius 2 is 2.18 bits per heavy atom. The summed E-state index contributed by atoms with van der Waals surface area (Å²) in [6, 6.07) is 3.72. The second-order valence-corrected chi connectivity index (χ2v) is 3.76. The molecule has 0 spiro atoms. The molecule has 1 N–H and O–H groups in total. The van der Waals surface area contributed by atoms with Gasteiger partial charge in [0.1, 0.15) is 0 Å². The van der Waals surface area contributed by atoms with Crippen molar-refractivity contribution in [2.45, 2.75) is 26.6 Å². The molecule has 0 aromatic heterocycles. The molecule has 0 atom stereocenters. The summed E-state index contributed by atoms with van der Waals surface area (Å²) in [5, 5.41) is 19.5. The summed E-state index contributed by atoms with van der Waals surface area (Å²) in [7, 11) is 0. The molecule has 17 heavy (non-hydrogen) atoms. The van der Waals surface area contributed by atoms with Crippen LogP contribution in [0, 0.1) is 10.1 Å². The van der Waals surface area contributed by atoms with E-state index in [4.69, 9.17) is 9.84 Å². The van der Waals surface area contributed by atoms with Crippen molar-refractivity contribution < 1.29 is 19.6 Å². The molecular weight excluding hydrogens is 226 g/mol. The number of hydrogen-bond acceptors (Lipinski definition) is 4. The molecule has 1 aromatic rings. The van der Waals surface area contributed by atoms with E-state index < -0.39 is 10.9 Å². The monoisotopic (exact) mass is 239 g/mol. The summed E-state index contributed by atoms with van der Waals surface area (Å²) in [6.45, 7) is 3.77. The van der Waals surface area contributed by atoms with Crippen molar-refractivity contribution in [1.29, 1.82) is 0 Å². The summed E-state index contributed by atoms with van der Waals surface area (Å²) >= 11 is 0. The van der Waals surface area contributed by atoms with Crippen LogP contribution in [-0.2, 0) is 11.3 Å². The Hall–Kier alpha value is -1.95. The second kappa shape index (κ2) is 5.40. The highest BCUT2D eigenvalue weighted by molar-refractivity contribution is 5.90. The summed E-state index contributed by atoms with van der Waals surface area (Å²) in [5.74, 6) is -1.20. The van der Waals surface area contributed by atoms with Crippen LogP contribution in [0.3, 0.4) is 0 Å². The number of carboxylic acids is 1. The number of nitro benzene ring substituents is 1. The topological polar surface area (TPSA) is 89.7 Å². The Morgan fingerprint density at radius 3 is 2.65 bits per heavy atom. The number of benzene rings is 1. The van der Waals surface area contributed by atoms with Crippen LogP contribution in [0.25, 0.3) is 0 Å². The maximum atomic E-state index is 11.0. The molecule has 0 saturated heterocycles. The van der Waals surface area contributed by atoms with Gasteiger partial charge in [-0.1, -0.05) is 0 Å². The van der Waals surface area contributed by atoms with Gasteiger partial charge in [-0.05, 0) is 25.5 Å². The van der Waals surface area contributed by atoms with Crippen molar-refractivity contribution in [3.8, 4) is 0 Å². The second-order valence-electron chi connectivity index (χ2n) is 3.76. The SMILES string of the molecule is CC(C)OCc1ccc([N+](=O)[O-])cc1C(=O)O. The number of carboxylic acid groups (broad SMARTS) is 1. The number of nitrogens with zero attached hydrogens (tertiary/aromatic N) is 1. The molecule has 1 rings (SSSR count). The summed E-state index contributed by atoms with van der Waals surface area (Å²) in [5.41, 5.74) is 0.0901. The molecule has 6 nitrogen and oxygen atoms in total. The van der Waals surface area contributed by atoms with Gasteiger partial charge >= 0.3 is 5.97 Å². The van der Waals surface area contributed by atoms with E-state index in [9.17, 15) is 14.9 Å². The van der Waals surface area contributed by atoms with E-state index >= 15 is 0 Å². The lowest BCUT2D eigenvalue weighted by molar-refractivity contribution is -0.384. The van der Waals surface area contributed by atoms with Gasteiger partial charge in [-0.25, -0.2) is 4.79 Å². The van der Waals surface area contributed by atoms with Crippen LogP contribution >= 0.6 is 0 Å². The predicted molar refractivity (Wildman–Crippen MR) is 60.0 cm³/mol. The van der Waals surface area contributed by atoms with Crippen LogP contribution < -0.4 is 0 Å². The van der Waals surface area contributed by atoms with Crippen molar-refractivity contribution >= 4 is 11.7 Å². The summed E-state index contributed by atoms with van der Waals surface area (Å²) in [4.78, 5) is 20.9. The van der Waals surface area contributed by atoms with E-state index in [2.05, 4.69) is 0 Å². The fourth-order valence-corrected chi connectivity index (χ4v) is 1.26. The molecule has 6 heteroatoms. The molecular formula is C11H13NO5. The fraction of sp³-hybridized carbons (Fsp3) is 0.364. The van der Waals surface area contributed by atoms with Gasteiger partial charge in [0, 0.05) is 12.1 Å². The minimum Gasteiger partial charge on any atom is -0.478 e. The standard InChI is InChI=1S/C11H13NO5/c1-7(2)17-6-8-3-4-9(12(15)16)5-10(8)11(13)14/h3-5,7H,6H2,1-2H3,(H,13,14). The first-order valence-electron chi connectivity index (χ1n) is 5.04. The average Bonchev–Trinajstić information content (AvgIpc) is 2.25. The maximum absolute atomic E-state index is 11.0. The highest BCUT2D eigenvalue weighted by Crippen LogP contribution is 2.19. The van der Waals surface area contributed by atoms with Crippen LogP contribution in [0.2, 0.25) is 0 Å². The molecule has 92 valence electrons. The average molecular weight is 239 g/mol. The summed E-state index contributed by atoms with van der Waals surface area (Å²) in [6.07, 6.45) is -0.0353. The van der Waals surface area contributed by atoms with Crippen LogP contribution in [0.1, 0.15) is 29.8 Å². The molecule has 0 aliphatic heterocycles. The van der Waals surface area contributed by atoms with Gasteiger partial charge in [0.05, 0.1) is 23.2 Å². The molecule has 0 fully saturated rings. The van der Waals surface area contributed by atoms with Crippen molar-refractivity contribution in [2.24, 2.45) is 0 Å². The molecule has 0 amide bonds. The van der Waals surface area contributed by atoms with E-state index in [0.29, 0.717) is 5.56 Å². The minimum absolute atomic E-state index is 0.0353. The van der Waals surface area contributed by atoms with Gasteiger partial charge in [-0.15, -0.1) is 0 Å². The number of rotatable bonds is 5. The third-order valence-corrected chi connectivity index (χ3v) is 2.11. The molecule has 0 heterocycles. The molecule has 0 aliphatic carbocycles. The number of carbonyl (C=O) groups is 1. The first kappa shape index (κ1) is 13.1.